The molecule has 0 amide bonds. The lowest BCUT2D eigenvalue weighted by Gasteiger charge is -2.14. The van der Waals surface area contributed by atoms with E-state index in [2.05, 4.69) is 31.9 Å². The summed E-state index contributed by atoms with van der Waals surface area (Å²) in [6.07, 6.45) is 0. The smallest absolute Gasteiger partial charge is 0.120 e. The molecule has 0 radical (unpaired) electrons. The Morgan fingerprint density at radius 3 is 2.50 bits per heavy atom. The van der Waals surface area contributed by atoms with Crippen molar-refractivity contribution < 1.29 is 4.74 Å². The lowest BCUT2D eigenvalue weighted by atomic mass is 10.0. The molecule has 106 valence electrons. The molecule has 0 aliphatic rings. The Bertz CT molecular complexity index is 597. The first-order valence-corrected chi connectivity index (χ1v) is 8.43. The van der Waals surface area contributed by atoms with E-state index in [-0.39, 0.29) is 5.38 Å². The van der Waals surface area contributed by atoms with Crippen molar-refractivity contribution in [3.8, 4) is 5.75 Å². The Kier molecular flexibility index (Phi) is 5.79. The van der Waals surface area contributed by atoms with Gasteiger partial charge in [-0.15, -0.1) is 11.6 Å². The van der Waals surface area contributed by atoms with Gasteiger partial charge in [0.05, 0.1) is 12.0 Å². The second-order valence-electron chi connectivity index (χ2n) is 4.18. The molecular formula is C15H12Br2Cl2O. The van der Waals surface area contributed by atoms with Crippen molar-refractivity contribution in [3.05, 3.63) is 61.5 Å². The molecule has 5 heteroatoms. The second-order valence-corrected chi connectivity index (χ2v) is 6.82. The molecular weight excluding hydrogens is 427 g/mol. The van der Waals surface area contributed by atoms with Crippen LogP contribution >= 0.6 is 55.1 Å². The minimum absolute atomic E-state index is 0.282. The van der Waals surface area contributed by atoms with Crippen LogP contribution in [0.25, 0.3) is 0 Å². The summed E-state index contributed by atoms with van der Waals surface area (Å²) >= 11 is 19.6. The van der Waals surface area contributed by atoms with Gasteiger partial charge in [0.2, 0.25) is 0 Å². The fourth-order valence-electron chi connectivity index (χ4n) is 1.87. The van der Waals surface area contributed by atoms with Crippen LogP contribution in [0.4, 0.5) is 0 Å². The predicted molar refractivity (Wildman–Crippen MR) is 92.2 cm³/mol. The maximum absolute atomic E-state index is 6.56. The maximum Gasteiger partial charge on any atom is 0.120 e. The van der Waals surface area contributed by atoms with Crippen molar-refractivity contribution in [2.24, 2.45) is 0 Å². The molecule has 1 nitrogen and oxygen atoms in total. The third-order valence-electron chi connectivity index (χ3n) is 2.73. The molecule has 0 saturated carbocycles. The zero-order valence-electron chi connectivity index (χ0n) is 10.7. The fourth-order valence-corrected chi connectivity index (χ4v) is 3.79. The summed E-state index contributed by atoms with van der Waals surface area (Å²) in [7, 11) is 0. The van der Waals surface area contributed by atoms with Gasteiger partial charge in [0.1, 0.15) is 5.75 Å². The molecule has 0 aromatic heterocycles. The van der Waals surface area contributed by atoms with E-state index in [4.69, 9.17) is 27.9 Å². The van der Waals surface area contributed by atoms with Gasteiger partial charge >= 0.3 is 0 Å². The molecule has 0 saturated heterocycles. The van der Waals surface area contributed by atoms with E-state index < -0.39 is 0 Å². The summed E-state index contributed by atoms with van der Waals surface area (Å²) in [4.78, 5) is 0. The standard InChI is InChI=1S/C15H12Br2Cl2O/c1-2-20-12-3-4-13(14(17)8-12)15(19)9-5-10(16)7-11(18)6-9/h3-8,15H,2H2,1H3. The molecule has 1 unspecified atom stereocenters. The summed E-state index contributed by atoms with van der Waals surface area (Å²) in [6, 6.07) is 11.5. The molecule has 0 heterocycles. The third-order valence-corrected chi connectivity index (χ3v) is 4.58. The van der Waals surface area contributed by atoms with Crippen LogP contribution in [0.15, 0.2) is 45.3 Å². The average Bonchev–Trinajstić information content (AvgIpc) is 2.37. The van der Waals surface area contributed by atoms with Crippen molar-refractivity contribution in [3.63, 3.8) is 0 Å². The summed E-state index contributed by atoms with van der Waals surface area (Å²) in [5, 5.41) is 0.372. The molecule has 0 fully saturated rings. The molecule has 2 rings (SSSR count). The molecule has 0 N–H and O–H groups in total. The van der Waals surface area contributed by atoms with Gasteiger partial charge in [0.15, 0.2) is 0 Å². The molecule has 20 heavy (non-hydrogen) atoms. The monoisotopic (exact) mass is 436 g/mol. The van der Waals surface area contributed by atoms with E-state index in [1.807, 2.05) is 43.3 Å². The van der Waals surface area contributed by atoms with E-state index in [1.54, 1.807) is 0 Å². The molecule has 2 aromatic rings. The highest BCUT2D eigenvalue weighted by Gasteiger charge is 2.15. The van der Waals surface area contributed by atoms with Gasteiger partial charge in [-0.05, 0) is 48.4 Å². The normalized spacial score (nSPS) is 12.2. The SMILES string of the molecule is CCOc1ccc(C(Cl)c2cc(Cl)cc(Br)c2)c(Br)c1. The quantitative estimate of drug-likeness (QED) is 0.489. The molecule has 0 spiro atoms. The first-order valence-electron chi connectivity index (χ1n) is 6.03. The van der Waals surface area contributed by atoms with Crippen molar-refractivity contribution in [2.75, 3.05) is 6.61 Å². The molecule has 0 aliphatic carbocycles. The number of benzene rings is 2. The van der Waals surface area contributed by atoms with Crippen LogP contribution in [0.5, 0.6) is 5.75 Å². The number of hydrogen-bond donors (Lipinski definition) is 0. The second kappa shape index (κ2) is 7.17. The zero-order valence-corrected chi connectivity index (χ0v) is 15.4. The van der Waals surface area contributed by atoms with Gasteiger partial charge in [-0.3, -0.25) is 0 Å². The third kappa shape index (κ3) is 3.91. The number of rotatable bonds is 4. The van der Waals surface area contributed by atoms with Crippen LogP contribution in [0.2, 0.25) is 5.02 Å². The Morgan fingerprint density at radius 1 is 1.15 bits per heavy atom. The van der Waals surface area contributed by atoms with E-state index in [9.17, 15) is 0 Å². The Morgan fingerprint density at radius 2 is 1.90 bits per heavy atom. The maximum atomic E-state index is 6.56. The number of hydrogen-bond acceptors (Lipinski definition) is 1. The number of alkyl halides is 1. The highest BCUT2D eigenvalue weighted by atomic mass is 79.9. The molecule has 1 atom stereocenters. The predicted octanol–water partition coefficient (Wildman–Crippen LogP) is 6.59. The lowest BCUT2D eigenvalue weighted by molar-refractivity contribution is 0.340. The Balaban J connectivity index is 2.35. The zero-order chi connectivity index (χ0) is 14.7. The first kappa shape index (κ1) is 16.2. The largest absolute Gasteiger partial charge is 0.494 e. The summed E-state index contributed by atoms with van der Waals surface area (Å²) < 4.78 is 7.29. The van der Waals surface area contributed by atoms with Gasteiger partial charge < -0.3 is 4.74 Å². The van der Waals surface area contributed by atoms with E-state index in [0.717, 1.165) is 25.8 Å². The molecule has 0 aliphatic heterocycles. The van der Waals surface area contributed by atoms with Crippen LogP contribution in [-0.4, -0.2) is 6.61 Å². The van der Waals surface area contributed by atoms with E-state index in [0.29, 0.717) is 11.6 Å². The Hall–Kier alpha value is -0.220. The summed E-state index contributed by atoms with van der Waals surface area (Å²) in [6.45, 7) is 2.59. The Labute approximate surface area is 145 Å². The van der Waals surface area contributed by atoms with Crippen molar-refractivity contribution in [1.82, 2.24) is 0 Å². The topological polar surface area (TPSA) is 9.23 Å². The average molecular weight is 439 g/mol. The molecule has 2 aromatic carbocycles. The minimum Gasteiger partial charge on any atom is -0.494 e. The van der Waals surface area contributed by atoms with Crippen LogP contribution in [-0.2, 0) is 0 Å². The fraction of sp³-hybridized carbons (Fsp3) is 0.200. The highest BCUT2D eigenvalue weighted by Crippen LogP contribution is 2.37. The van der Waals surface area contributed by atoms with Crippen LogP contribution in [0, 0.1) is 0 Å². The van der Waals surface area contributed by atoms with Gasteiger partial charge in [0.25, 0.3) is 0 Å². The van der Waals surface area contributed by atoms with Crippen molar-refractivity contribution in [1.29, 1.82) is 0 Å². The van der Waals surface area contributed by atoms with E-state index >= 15 is 0 Å². The van der Waals surface area contributed by atoms with E-state index in [1.165, 1.54) is 0 Å². The van der Waals surface area contributed by atoms with Crippen LogP contribution < -0.4 is 4.74 Å². The van der Waals surface area contributed by atoms with Gasteiger partial charge in [-0.1, -0.05) is 49.5 Å². The lowest BCUT2D eigenvalue weighted by Crippen LogP contribution is -1.97. The highest BCUT2D eigenvalue weighted by molar-refractivity contribution is 9.10. The summed E-state index contributed by atoms with van der Waals surface area (Å²) in [5.74, 6) is 0.819. The van der Waals surface area contributed by atoms with Crippen LogP contribution in [0.1, 0.15) is 23.4 Å². The van der Waals surface area contributed by atoms with Gasteiger partial charge in [-0.2, -0.15) is 0 Å². The number of halogens is 4. The van der Waals surface area contributed by atoms with Crippen molar-refractivity contribution >= 4 is 55.1 Å². The van der Waals surface area contributed by atoms with Gasteiger partial charge in [-0.25, -0.2) is 0 Å². The first-order chi connectivity index (χ1) is 9.51. The molecule has 0 bridgehead atoms. The number of ether oxygens (including phenoxy) is 1. The van der Waals surface area contributed by atoms with Gasteiger partial charge in [0, 0.05) is 14.0 Å². The van der Waals surface area contributed by atoms with Crippen LogP contribution in [0.3, 0.4) is 0 Å². The summed E-state index contributed by atoms with van der Waals surface area (Å²) in [5.41, 5.74) is 1.92. The minimum atomic E-state index is -0.282. The van der Waals surface area contributed by atoms with Crippen molar-refractivity contribution in [2.45, 2.75) is 12.3 Å².